The molecule has 1 aromatic carbocycles. The van der Waals surface area contributed by atoms with Crippen LogP contribution in [0.5, 0.6) is 0 Å². The van der Waals surface area contributed by atoms with Gasteiger partial charge in [-0.3, -0.25) is 4.79 Å². The molecule has 0 unspecified atom stereocenters. The van der Waals surface area contributed by atoms with Gasteiger partial charge in [-0.25, -0.2) is 0 Å². The van der Waals surface area contributed by atoms with Crippen molar-refractivity contribution in [1.82, 2.24) is 4.98 Å². The number of nitrogens with one attached hydrogen (secondary N) is 1. The van der Waals surface area contributed by atoms with Gasteiger partial charge in [-0.05, 0) is 18.6 Å². The maximum absolute atomic E-state index is 9.00. The fraction of sp³-hybridized carbons (Fsp3) is 0.182. The van der Waals surface area contributed by atoms with Crippen molar-refractivity contribution in [3.63, 3.8) is 0 Å². The third-order valence-electron chi connectivity index (χ3n) is 1.80. The van der Waals surface area contributed by atoms with Crippen LogP contribution >= 0.6 is 0 Å². The second-order valence-corrected chi connectivity index (χ2v) is 3.04. The Morgan fingerprint density at radius 1 is 1.36 bits per heavy atom. The van der Waals surface area contributed by atoms with Crippen LogP contribution in [0.25, 0.3) is 10.9 Å². The number of aryl methyl sites for hydroxylation is 1. The van der Waals surface area contributed by atoms with Crippen molar-refractivity contribution < 1.29 is 9.90 Å². The summed E-state index contributed by atoms with van der Waals surface area (Å²) in [5, 5.41) is 8.74. The summed E-state index contributed by atoms with van der Waals surface area (Å²) in [4.78, 5) is 12.2. The van der Waals surface area contributed by atoms with E-state index in [2.05, 4.69) is 30.1 Å². The number of aromatic nitrogens is 1. The maximum Gasteiger partial charge on any atom is 0.300 e. The van der Waals surface area contributed by atoms with E-state index in [1.54, 1.807) is 0 Å². The van der Waals surface area contributed by atoms with Crippen LogP contribution in [-0.4, -0.2) is 16.1 Å². The largest absolute Gasteiger partial charge is 0.481 e. The highest BCUT2D eigenvalue weighted by Gasteiger charge is 1.94. The molecule has 0 saturated carbocycles. The Morgan fingerprint density at radius 2 is 1.93 bits per heavy atom. The monoisotopic (exact) mass is 191 g/mol. The van der Waals surface area contributed by atoms with Gasteiger partial charge in [0.1, 0.15) is 0 Å². The molecule has 0 atom stereocenters. The lowest BCUT2D eigenvalue weighted by Gasteiger charge is -1.86. The average Bonchev–Trinajstić information content (AvgIpc) is 2.48. The molecule has 0 aliphatic carbocycles. The molecule has 0 aliphatic rings. The molecule has 0 spiro atoms. The number of carbonyl (C=O) groups is 1. The highest BCUT2D eigenvalue weighted by Crippen LogP contribution is 2.15. The highest BCUT2D eigenvalue weighted by molar-refractivity contribution is 5.82. The summed E-state index contributed by atoms with van der Waals surface area (Å²) in [6.07, 6.45) is 2.03. The molecule has 2 rings (SSSR count). The smallest absolute Gasteiger partial charge is 0.300 e. The Bertz CT molecular complexity index is 428. The van der Waals surface area contributed by atoms with Gasteiger partial charge in [0, 0.05) is 24.0 Å². The summed E-state index contributed by atoms with van der Waals surface area (Å²) >= 11 is 0. The summed E-state index contributed by atoms with van der Waals surface area (Å²) < 4.78 is 0. The van der Waals surface area contributed by atoms with Gasteiger partial charge < -0.3 is 10.1 Å². The first-order valence-electron chi connectivity index (χ1n) is 4.33. The van der Waals surface area contributed by atoms with Gasteiger partial charge in [0.15, 0.2) is 0 Å². The fourth-order valence-corrected chi connectivity index (χ4v) is 1.22. The molecule has 0 bridgehead atoms. The van der Waals surface area contributed by atoms with E-state index >= 15 is 0 Å². The molecule has 1 aromatic heterocycles. The lowest BCUT2D eigenvalue weighted by Crippen LogP contribution is -1.78. The van der Waals surface area contributed by atoms with E-state index in [-0.39, 0.29) is 0 Å². The summed E-state index contributed by atoms with van der Waals surface area (Å²) in [7, 11) is 0. The summed E-state index contributed by atoms with van der Waals surface area (Å²) in [5.74, 6) is -0.833. The third-order valence-corrected chi connectivity index (χ3v) is 1.80. The van der Waals surface area contributed by atoms with E-state index < -0.39 is 5.97 Å². The zero-order valence-electron chi connectivity index (χ0n) is 8.24. The van der Waals surface area contributed by atoms with E-state index in [0.29, 0.717) is 0 Å². The SMILES string of the molecule is CC(=O)O.Cc1c[nH]c2ccccc12. The minimum absolute atomic E-state index is 0.833. The standard InChI is InChI=1S/C9H9N.C2H4O2/c1-7-6-10-9-5-3-2-4-8(7)9;1-2(3)4/h2-6,10H,1H3;1H3,(H,3,4). The molecule has 1 heterocycles. The summed E-state index contributed by atoms with van der Waals surface area (Å²) in [6.45, 7) is 3.19. The number of rotatable bonds is 0. The van der Waals surface area contributed by atoms with Gasteiger partial charge in [-0.2, -0.15) is 0 Å². The number of fused-ring (bicyclic) bond motifs is 1. The zero-order valence-corrected chi connectivity index (χ0v) is 8.24. The number of aromatic amines is 1. The van der Waals surface area contributed by atoms with Crippen molar-refractivity contribution >= 4 is 16.9 Å². The molecule has 0 radical (unpaired) electrons. The van der Waals surface area contributed by atoms with Gasteiger partial charge in [0.05, 0.1) is 0 Å². The van der Waals surface area contributed by atoms with Crippen LogP contribution in [0, 0.1) is 6.92 Å². The molecule has 0 fully saturated rings. The van der Waals surface area contributed by atoms with Crippen molar-refractivity contribution in [3.05, 3.63) is 36.0 Å². The molecule has 3 nitrogen and oxygen atoms in total. The number of H-pyrrole nitrogens is 1. The van der Waals surface area contributed by atoms with Crippen molar-refractivity contribution in [2.24, 2.45) is 0 Å². The predicted octanol–water partition coefficient (Wildman–Crippen LogP) is 2.57. The van der Waals surface area contributed by atoms with Gasteiger partial charge in [-0.15, -0.1) is 0 Å². The van der Waals surface area contributed by atoms with Gasteiger partial charge in [0.25, 0.3) is 5.97 Å². The molecule has 74 valence electrons. The van der Waals surface area contributed by atoms with E-state index in [1.165, 1.54) is 16.5 Å². The van der Waals surface area contributed by atoms with Crippen LogP contribution in [0.2, 0.25) is 0 Å². The molecular weight excluding hydrogens is 178 g/mol. The minimum atomic E-state index is -0.833. The van der Waals surface area contributed by atoms with Crippen LogP contribution in [0.4, 0.5) is 0 Å². The number of benzene rings is 1. The van der Waals surface area contributed by atoms with Crippen LogP contribution in [0.3, 0.4) is 0 Å². The lowest BCUT2D eigenvalue weighted by atomic mass is 10.2. The third kappa shape index (κ3) is 2.62. The van der Waals surface area contributed by atoms with Gasteiger partial charge >= 0.3 is 0 Å². The van der Waals surface area contributed by atoms with Crippen LogP contribution in [-0.2, 0) is 4.79 Å². The number of aliphatic carboxylic acids is 1. The Labute approximate surface area is 82.4 Å². The molecule has 0 saturated heterocycles. The molecule has 14 heavy (non-hydrogen) atoms. The molecule has 3 heteroatoms. The first-order chi connectivity index (χ1) is 6.61. The zero-order chi connectivity index (χ0) is 10.6. The Morgan fingerprint density at radius 3 is 2.50 bits per heavy atom. The van der Waals surface area contributed by atoms with E-state index in [0.717, 1.165) is 6.92 Å². The van der Waals surface area contributed by atoms with E-state index in [4.69, 9.17) is 9.90 Å². The summed E-state index contributed by atoms with van der Waals surface area (Å²) in [5.41, 5.74) is 2.54. The average molecular weight is 191 g/mol. The molecule has 0 amide bonds. The van der Waals surface area contributed by atoms with Crippen LogP contribution in [0.1, 0.15) is 12.5 Å². The topological polar surface area (TPSA) is 53.1 Å². The Kier molecular flexibility index (Phi) is 3.29. The fourth-order valence-electron chi connectivity index (χ4n) is 1.22. The Hall–Kier alpha value is -1.77. The normalized spacial score (nSPS) is 9.29. The van der Waals surface area contributed by atoms with Gasteiger partial charge in [0.2, 0.25) is 0 Å². The molecule has 2 aromatic rings. The van der Waals surface area contributed by atoms with Crippen LogP contribution in [0.15, 0.2) is 30.5 Å². The van der Waals surface area contributed by atoms with Crippen LogP contribution < -0.4 is 0 Å². The van der Waals surface area contributed by atoms with Crippen molar-refractivity contribution in [2.45, 2.75) is 13.8 Å². The highest BCUT2D eigenvalue weighted by atomic mass is 16.4. The second kappa shape index (κ2) is 4.46. The van der Waals surface area contributed by atoms with Crippen molar-refractivity contribution in [2.75, 3.05) is 0 Å². The molecular formula is C11H13NO2. The Balaban J connectivity index is 0.000000213. The number of hydrogen-bond donors (Lipinski definition) is 2. The quantitative estimate of drug-likeness (QED) is 0.672. The number of carboxylic acid groups (broad SMARTS) is 1. The minimum Gasteiger partial charge on any atom is -0.481 e. The molecule has 0 aliphatic heterocycles. The second-order valence-electron chi connectivity index (χ2n) is 3.04. The number of para-hydroxylation sites is 1. The first-order valence-corrected chi connectivity index (χ1v) is 4.33. The predicted molar refractivity (Wildman–Crippen MR) is 56.3 cm³/mol. The van der Waals surface area contributed by atoms with Crippen molar-refractivity contribution in [1.29, 1.82) is 0 Å². The summed E-state index contributed by atoms with van der Waals surface area (Å²) in [6, 6.07) is 8.31. The number of hydrogen-bond acceptors (Lipinski definition) is 1. The first kappa shape index (κ1) is 10.3. The van der Waals surface area contributed by atoms with Crippen molar-refractivity contribution in [3.8, 4) is 0 Å². The number of carboxylic acids is 1. The lowest BCUT2D eigenvalue weighted by molar-refractivity contribution is -0.134. The van der Waals surface area contributed by atoms with Gasteiger partial charge in [-0.1, -0.05) is 18.2 Å². The molecule has 2 N–H and O–H groups in total. The maximum atomic E-state index is 9.00. The van der Waals surface area contributed by atoms with E-state index in [9.17, 15) is 0 Å². The van der Waals surface area contributed by atoms with E-state index in [1.807, 2.05) is 12.3 Å².